The van der Waals surface area contributed by atoms with E-state index in [-0.39, 0.29) is 23.7 Å². The van der Waals surface area contributed by atoms with Crippen LogP contribution in [0.2, 0.25) is 0 Å². The van der Waals surface area contributed by atoms with E-state index in [1.165, 1.54) is 24.4 Å². The smallest absolute Gasteiger partial charge is 0.311 e. The van der Waals surface area contributed by atoms with Crippen molar-refractivity contribution in [2.24, 2.45) is 0 Å². The minimum atomic E-state index is -0.435. The molecule has 1 aliphatic rings. The van der Waals surface area contributed by atoms with Crippen LogP contribution in [-0.4, -0.2) is 29.1 Å². The van der Waals surface area contributed by atoms with Gasteiger partial charge in [-0.15, -0.1) is 0 Å². The maximum atomic E-state index is 13.1. The lowest BCUT2D eigenvalue weighted by atomic mass is 10.1. The van der Waals surface area contributed by atoms with Gasteiger partial charge in [-0.2, -0.15) is 0 Å². The van der Waals surface area contributed by atoms with Gasteiger partial charge in [-0.1, -0.05) is 12.1 Å². The number of nitro groups is 1. The normalized spacial score (nSPS) is 21.2. The Morgan fingerprint density at radius 1 is 1.30 bits per heavy atom. The molecule has 120 valence electrons. The zero-order chi connectivity index (χ0) is 16.4. The average Bonchev–Trinajstić information content (AvgIpc) is 2.55. The Labute approximate surface area is 132 Å². The standard InChI is InChI=1S/C16H16FN3O3/c1-11-9-19(16-14(20(21)22)3-2-8-18-16)10-15(23-11)12-4-6-13(17)7-5-12/h2-8,11,15H,9-10H2,1H3. The maximum absolute atomic E-state index is 13.1. The third kappa shape index (κ3) is 3.29. The van der Waals surface area contributed by atoms with Crippen LogP contribution in [0.3, 0.4) is 0 Å². The molecule has 23 heavy (non-hydrogen) atoms. The highest BCUT2D eigenvalue weighted by Crippen LogP contribution is 2.32. The first-order valence-electron chi connectivity index (χ1n) is 7.30. The summed E-state index contributed by atoms with van der Waals surface area (Å²) < 4.78 is 19.0. The summed E-state index contributed by atoms with van der Waals surface area (Å²) in [5.41, 5.74) is 0.806. The molecule has 0 amide bonds. The molecular weight excluding hydrogens is 301 g/mol. The summed E-state index contributed by atoms with van der Waals surface area (Å²) in [5, 5.41) is 11.2. The molecule has 7 heteroatoms. The molecule has 0 spiro atoms. The summed E-state index contributed by atoms with van der Waals surface area (Å²) in [6.45, 7) is 2.83. The molecule has 1 saturated heterocycles. The Morgan fingerprint density at radius 2 is 2.04 bits per heavy atom. The fourth-order valence-corrected chi connectivity index (χ4v) is 2.76. The van der Waals surface area contributed by atoms with Gasteiger partial charge in [0, 0.05) is 18.8 Å². The molecule has 1 aromatic carbocycles. The minimum absolute atomic E-state index is 0.0283. The minimum Gasteiger partial charge on any atom is -0.367 e. The Hall–Kier alpha value is -2.54. The van der Waals surface area contributed by atoms with Crippen molar-refractivity contribution in [2.75, 3.05) is 18.0 Å². The van der Waals surface area contributed by atoms with E-state index in [0.717, 1.165) is 5.56 Å². The number of hydrogen-bond donors (Lipinski definition) is 0. The van der Waals surface area contributed by atoms with Crippen LogP contribution in [0.1, 0.15) is 18.6 Å². The summed E-state index contributed by atoms with van der Waals surface area (Å²) >= 11 is 0. The van der Waals surface area contributed by atoms with Gasteiger partial charge in [0.05, 0.1) is 17.6 Å². The Bertz CT molecular complexity index is 708. The van der Waals surface area contributed by atoms with Crippen LogP contribution in [0, 0.1) is 15.9 Å². The lowest BCUT2D eigenvalue weighted by Gasteiger charge is -2.37. The second-order valence-corrected chi connectivity index (χ2v) is 5.50. The van der Waals surface area contributed by atoms with Gasteiger partial charge in [0.2, 0.25) is 5.82 Å². The molecule has 6 nitrogen and oxygen atoms in total. The number of ether oxygens (including phenoxy) is 1. The molecule has 0 radical (unpaired) electrons. The highest BCUT2D eigenvalue weighted by atomic mass is 19.1. The van der Waals surface area contributed by atoms with Gasteiger partial charge in [0.15, 0.2) is 0 Å². The Morgan fingerprint density at radius 3 is 2.74 bits per heavy atom. The first-order chi connectivity index (χ1) is 11.0. The summed E-state index contributed by atoms with van der Waals surface area (Å²) in [4.78, 5) is 16.8. The first kappa shape index (κ1) is 15.4. The van der Waals surface area contributed by atoms with Gasteiger partial charge < -0.3 is 9.64 Å². The highest BCUT2D eigenvalue weighted by molar-refractivity contribution is 5.57. The SMILES string of the molecule is CC1CN(c2ncccc2[N+](=O)[O-])CC(c2ccc(F)cc2)O1. The van der Waals surface area contributed by atoms with E-state index in [0.29, 0.717) is 18.9 Å². The summed E-state index contributed by atoms with van der Waals surface area (Å²) in [6, 6.07) is 9.08. The third-order valence-corrected chi connectivity index (χ3v) is 3.76. The zero-order valence-corrected chi connectivity index (χ0v) is 12.6. The number of nitrogens with zero attached hydrogens (tertiary/aromatic N) is 3. The van der Waals surface area contributed by atoms with Crippen LogP contribution in [0.25, 0.3) is 0 Å². The molecule has 3 rings (SSSR count). The second-order valence-electron chi connectivity index (χ2n) is 5.50. The van der Waals surface area contributed by atoms with E-state index in [1.54, 1.807) is 18.2 Å². The Kier molecular flexibility index (Phi) is 4.20. The Balaban J connectivity index is 1.89. The third-order valence-electron chi connectivity index (χ3n) is 3.76. The van der Waals surface area contributed by atoms with Crippen molar-refractivity contribution in [2.45, 2.75) is 19.1 Å². The van der Waals surface area contributed by atoms with Gasteiger partial charge in [-0.3, -0.25) is 10.1 Å². The molecule has 0 N–H and O–H groups in total. The van der Waals surface area contributed by atoms with Crippen LogP contribution in [-0.2, 0) is 4.74 Å². The van der Waals surface area contributed by atoms with Crippen molar-refractivity contribution in [3.05, 3.63) is 64.1 Å². The number of hydrogen-bond acceptors (Lipinski definition) is 5. The molecule has 1 fully saturated rings. The van der Waals surface area contributed by atoms with E-state index >= 15 is 0 Å². The van der Waals surface area contributed by atoms with Gasteiger partial charge in [0.25, 0.3) is 0 Å². The second kappa shape index (κ2) is 6.29. The average molecular weight is 317 g/mol. The fraction of sp³-hybridized carbons (Fsp3) is 0.312. The number of aromatic nitrogens is 1. The van der Waals surface area contributed by atoms with Crippen LogP contribution >= 0.6 is 0 Å². The number of morpholine rings is 1. The topological polar surface area (TPSA) is 68.5 Å². The van der Waals surface area contributed by atoms with E-state index in [2.05, 4.69) is 4.98 Å². The summed E-state index contributed by atoms with van der Waals surface area (Å²) in [5.74, 6) is 0.0228. The van der Waals surface area contributed by atoms with Gasteiger partial charge >= 0.3 is 5.69 Å². The van der Waals surface area contributed by atoms with E-state index < -0.39 is 4.92 Å². The van der Waals surface area contributed by atoms with Crippen LogP contribution in [0.5, 0.6) is 0 Å². The molecule has 1 aliphatic heterocycles. The van der Waals surface area contributed by atoms with Crippen molar-refractivity contribution in [1.82, 2.24) is 4.98 Å². The highest BCUT2D eigenvalue weighted by Gasteiger charge is 2.30. The number of benzene rings is 1. The van der Waals surface area contributed by atoms with Crippen LogP contribution in [0.4, 0.5) is 15.9 Å². The molecular formula is C16H16FN3O3. The van der Waals surface area contributed by atoms with Crippen LogP contribution < -0.4 is 4.90 Å². The largest absolute Gasteiger partial charge is 0.367 e. The van der Waals surface area contributed by atoms with E-state index in [1.807, 2.05) is 11.8 Å². The maximum Gasteiger partial charge on any atom is 0.311 e. The van der Waals surface area contributed by atoms with E-state index in [9.17, 15) is 14.5 Å². The first-order valence-corrected chi connectivity index (χ1v) is 7.30. The number of halogens is 1. The molecule has 0 saturated carbocycles. The molecule has 2 atom stereocenters. The van der Waals surface area contributed by atoms with Crippen molar-refractivity contribution in [1.29, 1.82) is 0 Å². The quantitative estimate of drug-likeness (QED) is 0.643. The monoisotopic (exact) mass is 317 g/mol. The molecule has 1 aromatic heterocycles. The fourth-order valence-electron chi connectivity index (χ4n) is 2.76. The molecule has 0 bridgehead atoms. The lowest BCUT2D eigenvalue weighted by Crippen LogP contribution is -2.43. The van der Waals surface area contributed by atoms with Gasteiger partial charge in [-0.05, 0) is 30.7 Å². The molecule has 2 unspecified atom stereocenters. The number of anilines is 1. The van der Waals surface area contributed by atoms with Crippen molar-refractivity contribution in [3.8, 4) is 0 Å². The predicted octanol–water partition coefficient (Wildman–Crippen LogP) is 3.10. The molecule has 0 aliphatic carbocycles. The van der Waals surface area contributed by atoms with Crippen molar-refractivity contribution < 1.29 is 14.1 Å². The predicted molar refractivity (Wildman–Crippen MR) is 82.8 cm³/mol. The molecule has 2 heterocycles. The number of pyridine rings is 1. The molecule has 2 aromatic rings. The van der Waals surface area contributed by atoms with E-state index in [4.69, 9.17) is 4.74 Å². The zero-order valence-electron chi connectivity index (χ0n) is 12.6. The van der Waals surface area contributed by atoms with Gasteiger partial charge in [-0.25, -0.2) is 9.37 Å². The van der Waals surface area contributed by atoms with Gasteiger partial charge in [0.1, 0.15) is 11.9 Å². The van der Waals surface area contributed by atoms with Crippen molar-refractivity contribution >= 4 is 11.5 Å². The van der Waals surface area contributed by atoms with Crippen molar-refractivity contribution in [3.63, 3.8) is 0 Å². The summed E-state index contributed by atoms with van der Waals surface area (Å²) in [7, 11) is 0. The summed E-state index contributed by atoms with van der Waals surface area (Å²) in [6.07, 6.45) is 1.12. The lowest BCUT2D eigenvalue weighted by molar-refractivity contribution is -0.384. The number of rotatable bonds is 3. The van der Waals surface area contributed by atoms with Crippen LogP contribution in [0.15, 0.2) is 42.6 Å².